The third-order valence-electron chi connectivity index (χ3n) is 2.73. The number of nitrogens with zero attached hydrogens (tertiary/aromatic N) is 4. The Morgan fingerprint density at radius 2 is 2.36 bits per heavy atom. The summed E-state index contributed by atoms with van der Waals surface area (Å²) in [4.78, 5) is 4.96. The molecule has 0 spiro atoms. The van der Waals surface area contributed by atoms with Gasteiger partial charge in [-0.2, -0.15) is 0 Å². The van der Waals surface area contributed by atoms with Gasteiger partial charge in [-0.3, -0.25) is 0 Å². The van der Waals surface area contributed by atoms with E-state index >= 15 is 0 Å². The highest BCUT2D eigenvalue weighted by Crippen LogP contribution is 2.20. The molecule has 1 unspecified atom stereocenters. The second kappa shape index (κ2) is 6.62. The molecule has 0 amide bonds. The van der Waals surface area contributed by atoms with Crippen molar-refractivity contribution in [3.63, 3.8) is 0 Å². The summed E-state index contributed by atoms with van der Waals surface area (Å²) in [5.41, 5.74) is 9.92. The Kier molecular flexibility index (Phi) is 5.33. The summed E-state index contributed by atoms with van der Waals surface area (Å²) in [5, 5.41) is 3.57. The Morgan fingerprint density at radius 1 is 1.50 bits per heavy atom. The average molecular weight is 212 g/mol. The topological polar surface area (TPSA) is 52.0 Å². The zero-order chi connectivity index (χ0) is 10.2. The number of azide groups is 1. The molecule has 1 saturated heterocycles. The first-order valence-corrected chi connectivity index (χ1v) is 5.54. The van der Waals surface area contributed by atoms with Gasteiger partial charge in [-0.15, -0.1) is 0 Å². The van der Waals surface area contributed by atoms with Crippen molar-refractivity contribution in [2.45, 2.75) is 25.7 Å². The number of rotatable bonds is 4. The minimum absolute atomic E-state index is 0.638. The molecule has 1 atom stereocenters. The Labute approximate surface area is 89.9 Å². The van der Waals surface area contributed by atoms with Crippen LogP contribution in [0.25, 0.3) is 10.4 Å². The van der Waals surface area contributed by atoms with Gasteiger partial charge < -0.3 is 4.90 Å². The zero-order valence-corrected chi connectivity index (χ0v) is 9.12. The highest BCUT2D eigenvalue weighted by Gasteiger charge is 2.14. The van der Waals surface area contributed by atoms with E-state index in [2.05, 4.69) is 14.9 Å². The highest BCUT2D eigenvalue weighted by molar-refractivity contribution is 7.78. The van der Waals surface area contributed by atoms with Gasteiger partial charge >= 0.3 is 0 Å². The summed E-state index contributed by atoms with van der Waals surface area (Å²) in [6.45, 7) is 2.78. The fourth-order valence-corrected chi connectivity index (χ4v) is 2.08. The van der Waals surface area contributed by atoms with Gasteiger partial charge in [0.2, 0.25) is 0 Å². The first kappa shape index (κ1) is 11.3. The Bertz CT molecular complexity index is 225. The molecular weight excluding hydrogens is 196 g/mol. The molecule has 0 aliphatic carbocycles. The van der Waals surface area contributed by atoms with E-state index in [1.807, 2.05) is 0 Å². The van der Waals surface area contributed by atoms with Crippen molar-refractivity contribution in [1.82, 2.24) is 4.90 Å². The van der Waals surface area contributed by atoms with Crippen LogP contribution in [0.5, 0.6) is 0 Å². The number of thiocarbonyl (C=S) groups is 1. The molecule has 1 rings (SSSR count). The number of hydrogen-bond donors (Lipinski definition) is 0. The van der Waals surface area contributed by atoms with Crippen LogP contribution in [0.4, 0.5) is 0 Å². The van der Waals surface area contributed by atoms with Crippen LogP contribution in [0.1, 0.15) is 25.7 Å². The Morgan fingerprint density at radius 3 is 3.07 bits per heavy atom. The lowest BCUT2D eigenvalue weighted by Crippen LogP contribution is -2.21. The maximum absolute atomic E-state index is 8.16. The standard InChI is InChI=1S/C9H16N4S/c10-12-11-5-3-9-2-1-6-13(8-14)7-4-9/h8-9H,1-7H2. The largest absolute Gasteiger partial charge is 0.369 e. The van der Waals surface area contributed by atoms with E-state index in [0.29, 0.717) is 12.5 Å². The predicted molar refractivity (Wildman–Crippen MR) is 61.2 cm³/mol. The number of hydrogen-bond acceptors (Lipinski definition) is 2. The molecule has 0 aromatic heterocycles. The third kappa shape index (κ3) is 3.94. The minimum Gasteiger partial charge on any atom is -0.369 e. The molecular formula is C9H16N4S. The van der Waals surface area contributed by atoms with Gasteiger partial charge in [-0.05, 0) is 37.1 Å². The summed E-state index contributed by atoms with van der Waals surface area (Å²) in [7, 11) is 0. The lowest BCUT2D eigenvalue weighted by atomic mass is 9.97. The van der Waals surface area contributed by atoms with Crippen molar-refractivity contribution in [1.29, 1.82) is 0 Å². The van der Waals surface area contributed by atoms with Gasteiger partial charge in [0, 0.05) is 24.5 Å². The maximum Gasteiger partial charge on any atom is 0.0640 e. The van der Waals surface area contributed by atoms with Crippen LogP contribution in [-0.2, 0) is 0 Å². The summed E-state index contributed by atoms with van der Waals surface area (Å²) in [5.74, 6) is 0.709. The van der Waals surface area contributed by atoms with Crippen LogP contribution in [0.15, 0.2) is 5.11 Å². The Hall–Kier alpha value is -0.800. The lowest BCUT2D eigenvalue weighted by Gasteiger charge is -2.15. The van der Waals surface area contributed by atoms with Crippen LogP contribution >= 0.6 is 12.2 Å². The molecule has 5 heteroatoms. The highest BCUT2D eigenvalue weighted by atomic mass is 32.1. The first-order chi connectivity index (χ1) is 6.86. The van der Waals surface area contributed by atoms with Crippen LogP contribution < -0.4 is 0 Å². The molecule has 1 heterocycles. The van der Waals surface area contributed by atoms with E-state index in [-0.39, 0.29) is 0 Å². The van der Waals surface area contributed by atoms with E-state index in [4.69, 9.17) is 17.7 Å². The van der Waals surface area contributed by atoms with Crippen molar-refractivity contribution in [3.8, 4) is 0 Å². The molecule has 0 saturated carbocycles. The van der Waals surface area contributed by atoms with Crippen molar-refractivity contribution in [3.05, 3.63) is 10.4 Å². The summed E-state index contributed by atoms with van der Waals surface area (Å²) in [6.07, 6.45) is 4.64. The lowest BCUT2D eigenvalue weighted by molar-refractivity contribution is 0.417. The fraction of sp³-hybridized carbons (Fsp3) is 0.889. The third-order valence-corrected chi connectivity index (χ3v) is 3.03. The molecule has 0 bridgehead atoms. The molecule has 1 fully saturated rings. The van der Waals surface area contributed by atoms with Crippen LogP contribution in [-0.4, -0.2) is 30.0 Å². The molecule has 0 aromatic rings. The molecule has 0 N–H and O–H groups in total. The van der Waals surface area contributed by atoms with Gasteiger partial charge in [0.05, 0.1) is 5.49 Å². The molecule has 1 aliphatic rings. The van der Waals surface area contributed by atoms with Gasteiger partial charge in [0.15, 0.2) is 0 Å². The molecule has 78 valence electrons. The van der Waals surface area contributed by atoms with E-state index in [1.165, 1.54) is 19.3 Å². The van der Waals surface area contributed by atoms with Gasteiger partial charge in [-0.25, -0.2) is 0 Å². The van der Waals surface area contributed by atoms with E-state index in [9.17, 15) is 0 Å². The van der Waals surface area contributed by atoms with E-state index in [1.54, 1.807) is 5.49 Å². The van der Waals surface area contributed by atoms with Crippen molar-refractivity contribution < 1.29 is 0 Å². The fourth-order valence-electron chi connectivity index (χ4n) is 1.87. The molecule has 1 aliphatic heterocycles. The second-order valence-corrected chi connectivity index (χ2v) is 3.89. The van der Waals surface area contributed by atoms with Crippen LogP contribution in [0, 0.1) is 5.92 Å². The van der Waals surface area contributed by atoms with Gasteiger partial charge in [0.25, 0.3) is 0 Å². The van der Waals surface area contributed by atoms with Crippen LogP contribution in [0.3, 0.4) is 0 Å². The number of likely N-dealkylation sites (tertiary alicyclic amines) is 1. The van der Waals surface area contributed by atoms with Crippen LogP contribution in [0.2, 0.25) is 0 Å². The van der Waals surface area contributed by atoms with Gasteiger partial charge in [0.1, 0.15) is 0 Å². The molecule has 14 heavy (non-hydrogen) atoms. The maximum atomic E-state index is 8.16. The summed E-state index contributed by atoms with van der Waals surface area (Å²) >= 11 is 4.91. The van der Waals surface area contributed by atoms with Gasteiger partial charge in [-0.1, -0.05) is 17.3 Å². The minimum atomic E-state index is 0.638. The normalized spacial score (nSPS) is 22.3. The summed E-state index contributed by atoms with van der Waals surface area (Å²) in [6, 6.07) is 0. The second-order valence-electron chi connectivity index (χ2n) is 3.68. The predicted octanol–water partition coefficient (Wildman–Crippen LogP) is 2.75. The van der Waals surface area contributed by atoms with E-state index < -0.39 is 0 Å². The van der Waals surface area contributed by atoms with Crippen molar-refractivity contribution in [2.75, 3.05) is 19.6 Å². The van der Waals surface area contributed by atoms with Crippen molar-refractivity contribution >= 4 is 17.7 Å². The first-order valence-electron chi connectivity index (χ1n) is 5.07. The quantitative estimate of drug-likeness (QED) is 0.311. The average Bonchev–Trinajstić information content (AvgIpc) is 2.43. The zero-order valence-electron chi connectivity index (χ0n) is 8.30. The Balaban J connectivity index is 2.26. The van der Waals surface area contributed by atoms with E-state index in [0.717, 1.165) is 19.5 Å². The molecule has 4 nitrogen and oxygen atoms in total. The molecule has 0 radical (unpaired) electrons. The SMILES string of the molecule is [N-]=[N+]=NCCC1CCCN(C=S)CC1. The smallest absolute Gasteiger partial charge is 0.0640 e. The van der Waals surface area contributed by atoms with Crippen molar-refractivity contribution in [2.24, 2.45) is 11.0 Å². The monoisotopic (exact) mass is 212 g/mol. The summed E-state index contributed by atoms with van der Waals surface area (Å²) < 4.78 is 0. The molecule has 0 aromatic carbocycles.